The van der Waals surface area contributed by atoms with E-state index in [1.165, 1.54) is 11.8 Å². The summed E-state index contributed by atoms with van der Waals surface area (Å²) in [5, 5.41) is 4.00. The molecule has 0 saturated heterocycles. The van der Waals surface area contributed by atoms with E-state index in [2.05, 4.69) is 15.3 Å². The number of aromatic nitrogens is 2. The number of nitrogens with zero attached hydrogens (tertiary/aromatic N) is 2. The zero-order valence-corrected chi connectivity index (χ0v) is 8.44. The van der Waals surface area contributed by atoms with Crippen molar-refractivity contribution < 1.29 is 4.74 Å². The molecule has 0 radical (unpaired) electrons. The average Bonchev–Trinajstić information content (AvgIpc) is 2.63. The van der Waals surface area contributed by atoms with Crippen LogP contribution in [0.2, 0.25) is 0 Å². The van der Waals surface area contributed by atoms with E-state index in [0.29, 0.717) is 5.88 Å². The third kappa shape index (κ3) is 1.49. The number of hydrogen-bond donors (Lipinski definition) is 1. The molecule has 0 atom stereocenters. The third-order valence-electron chi connectivity index (χ3n) is 2.00. The highest BCUT2D eigenvalue weighted by Gasteiger charge is 2.18. The van der Waals surface area contributed by atoms with E-state index >= 15 is 0 Å². The Morgan fingerprint density at radius 3 is 2.92 bits per heavy atom. The minimum Gasteiger partial charge on any atom is -0.481 e. The molecule has 1 N–H and O–H groups in total. The van der Waals surface area contributed by atoms with Crippen LogP contribution in [0, 0.1) is 0 Å². The topological polar surface area (TPSA) is 47.0 Å². The van der Waals surface area contributed by atoms with Gasteiger partial charge in [-0.2, -0.15) is 4.98 Å². The van der Waals surface area contributed by atoms with Crippen LogP contribution in [0.1, 0.15) is 11.3 Å². The molecule has 0 aromatic carbocycles. The van der Waals surface area contributed by atoms with E-state index in [9.17, 15) is 0 Å². The maximum atomic E-state index is 5.20. The summed E-state index contributed by atoms with van der Waals surface area (Å²) >= 11 is 1.53. The molecular formula is C8H11N3OS. The molecule has 0 aliphatic carbocycles. The molecule has 1 aromatic heterocycles. The van der Waals surface area contributed by atoms with Gasteiger partial charge in [0, 0.05) is 13.1 Å². The Bertz CT molecular complexity index is 329. The lowest BCUT2D eigenvalue weighted by molar-refractivity contribution is 0.387. The van der Waals surface area contributed by atoms with Crippen LogP contribution < -0.4 is 10.1 Å². The van der Waals surface area contributed by atoms with E-state index in [1.54, 1.807) is 7.11 Å². The van der Waals surface area contributed by atoms with Crippen molar-refractivity contribution in [2.75, 3.05) is 13.4 Å². The molecule has 5 heteroatoms. The molecule has 0 amide bonds. The average molecular weight is 197 g/mol. The summed E-state index contributed by atoms with van der Waals surface area (Å²) in [4.78, 5) is 8.66. The fraction of sp³-hybridized carbons (Fsp3) is 0.500. The molecule has 0 saturated carbocycles. The largest absolute Gasteiger partial charge is 0.481 e. The van der Waals surface area contributed by atoms with Gasteiger partial charge in [-0.15, -0.1) is 0 Å². The first kappa shape index (κ1) is 8.77. The van der Waals surface area contributed by atoms with Gasteiger partial charge in [-0.1, -0.05) is 11.8 Å². The van der Waals surface area contributed by atoms with Crippen LogP contribution in [-0.4, -0.2) is 23.3 Å². The maximum absolute atomic E-state index is 5.20. The fourth-order valence-corrected chi connectivity index (χ4v) is 1.75. The van der Waals surface area contributed by atoms with Crippen LogP contribution in [-0.2, 0) is 13.1 Å². The summed E-state index contributed by atoms with van der Waals surface area (Å²) < 4.78 is 5.20. The van der Waals surface area contributed by atoms with Crippen molar-refractivity contribution in [1.29, 1.82) is 0 Å². The van der Waals surface area contributed by atoms with Crippen molar-refractivity contribution in [3.63, 3.8) is 0 Å². The second-order valence-electron chi connectivity index (χ2n) is 2.75. The Morgan fingerprint density at radius 1 is 1.38 bits per heavy atom. The van der Waals surface area contributed by atoms with Crippen LogP contribution in [0.25, 0.3) is 0 Å². The predicted molar refractivity (Wildman–Crippen MR) is 50.9 cm³/mol. The summed E-state index contributed by atoms with van der Waals surface area (Å²) in [5.41, 5.74) is 2.16. The van der Waals surface area contributed by atoms with Gasteiger partial charge in [0.2, 0.25) is 5.88 Å². The number of rotatable bonds is 2. The zero-order valence-electron chi connectivity index (χ0n) is 7.63. The summed E-state index contributed by atoms with van der Waals surface area (Å²) in [7, 11) is 1.64. The fourth-order valence-electron chi connectivity index (χ4n) is 1.38. The van der Waals surface area contributed by atoms with Gasteiger partial charge in [0.15, 0.2) is 5.16 Å². The van der Waals surface area contributed by atoms with Crippen molar-refractivity contribution in [2.24, 2.45) is 0 Å². The van der Waals surface area contributed by atoms with E-state index in [-0.39, 0.29) is 0 Å². The number of hydrogen-bond acceptors (Lipinski definition) is 5. The highest BCUT2D eigenvalue weighted by Crippen LogP contribution is 2.25. The van der Waals surface area contributed by atoms with Gasteiger partial charge in [0.1, 0.15) is 0 Å². The summed E-state index contributed by atoms with van der Waals surface area (Å²) in [6.45, 7) is 1.63. The Kier molecular flexibility index (Phi) is 2.37. The molecule has 0 fully saturated rings. The summed E-state index contributed by atoms with van der Waals surface area (Å²) in [6.07, 6.45) is 1.96. The Morgan fingerprint density at radius 2 is 2.23 bits per heavy atom. The molecule has 4 nitrogen and oxygen atoms in total. The minimum atomic E-state index is 0.708. The predicted octanol–water partition coefficient (Wildman–Crippen LogP) is 0.810. The monoisotopic (exact) mass is 197 g/mol. The quantitative estimate of drug-likeness (QED) is 0.561. The van der Waals surface area contributed by atoms with Crippen LogP contribution in [0.3, 0.4) is 0 Å². The van der Waals surface area contributed by atoms with Gasteiger partial charge in [-0.05, 0) is 6.26 Å². The van der Waals surface area contributed by atoms with Crippen LogP contribution in [0.5, 0.6) is 5.88 Å². The molecule has 0 bridgehead atoms. The zero-order chi connectivity index (χ0) is 9.26. The minimum absolute atomic E-state index is 0.708. The second-order valence-corrected chi connectivity index (χ2v) is 3.52. The molecule has 0 spiro atoms. The molecule has 13 heavy (non-hydrogen) atoms. The van der Waals surface area contributed by atoms with Crippen molar-refractivity contribution in [1.82, 2.24) is 15.3 Å². The lowest BCUT2D eigenvalue weighted by Crippen LogP contribution is -2.00. The van der Waals surface area contributed by atoms with Crippen molar-refractivity contribution in [3.8, 4) is 5.88 Å². The number of thioether (sulfide) groups is 1. The molecule has 1 aromatic rings. The van der Waals surface area contributed by atoms with Gasteiger partial charge in [0.25, 0.3) is 0 Å². The van der Waals surface area contributed by atoms with Crippen LogP contribution in [0.4, 0.5) is 0 Å². The van der Waals surface area contributed by atoms with E-state index in [4.69, 9.17) is 4.74 Å². The van der Waals surface area contributed by atoms with Gasteiger partial charge in [-0.25, -0.2) is 4.98 Å². The number of fused-ring (bicyclic) bond motifs is 1. The van der Waals surface area contributed by atoms with E-state index in [1.807, 2.05) is 6.26 Å². The molecule has 2 rings (SSSR count). The van der Waals surface area contributed by atoms with Gasteiger partial charge < -0.3 is 10.1 Å². The summed E-state index contributed by atoms with van der Waals surface area (Å²) in [6, 6.07) is 0. The number of methoxy groups -OCH3 is 1. The molecule has 1 aliphatic rings. The Balaban J connectivity index is 2.49. The highest BCUT2D eigenvalue weighted by atomic mass is 32.2. The lowest BCUT2D eigenvalue weighted by Gasteiger charge is -2.05. The molecule has 1 aliphatic heterocycles. The van der Waals surface area contributed by atoms with Crippen LogP contribution in [0.15, 0.2) is 5.16 Å². The van der Waals surface area contributed by atoms with Gasteiger partial charge >= 0.3 is 0 Å². The second kappa shape index (κ2) is 3.51. The van der Waals surface area contributed by atoms with E-state index in [0.717, 1.165) is 29.5 Å². The SMILES string of the molecule is COc1nc(SC)nc2c1CNC2. The number of nitrogens with one attached hydrogen (secondary N) is 1. The number of ether oxygens (including phenoxy) is 1. The van der Waals surface area contributed by atoms with Gasteiger partial charge in [0.05, 0.1) is 18.4 Å². The van der Waals surface area contributed by atoms with Gasteiger partial charge in [-0.3, -0.25) is 0 Å². The lowest BCUT2D eigenvalue weighted by atomic mass is 10.3. The molecule has 70 valence electrons. The smallest absolute Gasteiger partial charge is 0.222 e. The standard InChI is InChI=1S/C8H11N3OS/c1-12-7-5-3-9-4-6(5)10-8(11-7)13-2/h9H,3-4H2,1-2H3. The van der Waals surface area contributed by atoms with E-state index < -0.39 is 0 Å². The highest BCUT2D eigenvalue weighted by molar-refractivity contribution is 7.98. The van der Waals surface area contributed by atoms with Crippen molar-refractivity contribution >= 4 is 11.8 Å². The Hall–Kier alpha value is -0.810. The Labute approximate surface area is 81.1 Å². The first-order chi connectivity index (χ1) is 6.35. The third-order valence-corrected chi connectivity index (χ3v) is 2.55. The first-order valence-corrected chi connectivity index (χ1v) is 5.26. The molecule has 0 unspecified atom stereocenters. The van der Waals surface area contributed by atoms with Crippen LogP contribution >= 0.6 is 11.8 Å². The normalized spacial score (nSPS) is 14.3. The molecular weight excluding hydrogens is 186 g/mol. The summed E-state index contributed by atoms with van der Waals surface area (Å²) in [5.74, 6) is 0.708. The molecule has 2 heterocycles. The maximum Gasteiger partial charge on any atom is 0.222 e. The first-order valence-electron chi connectivity index (χ1n) is 4.03. The van der Waals surface area contributed by atoms with Crippen molar-refractivity contribution in [3.05, 3.63) is 11.3 Å². The van der Waals surface area contributed by atoms with Crippen molar-refractivity contribution in [2.45, 2.75) is 18.2 Å².